The third-order valence-electron chi connectivity index (χ3n) is 3.32. The molecule has 3 aromatic rings. The van der Waals surface area contributed by atoms with Crippen LogP contribution in [0.2, 0.25) is 0 Å². The highest BCUT2D eigenvalue weighted by Gasteiger charge is 2.08. The van der Waals surface area contributed by atoms with E-state index in [0.717, 1.165) is 21.4 Å². The van der Waals surface area contributed by atoms with Crippen molar-refractivity contribution in [3.05, 3.63) is 71.7 Å². The lowest BCUT2D eigenvalue weighted by molar-refractivity contribution is 0.0950. The van der Waals surface area contributed by atoms with Crippen molar-refractivity contribution in [1.82, 2.24) is 10.3 Å². The Kier molecular flexibility index (Phi) is 4.06. The van der Waals surface area contributed by atoms with Crippen LogP contribution >= 0.6 is 12.6 Å². The molecular formula is C17H13FN2OS. The number of carbonyl (C=O) groups excluding carboxylic acids is 1. The number of fused-ring (bicyclic) bond motifs is 1. The minimum Gasteiger partial charge on any atom is -0.348 e. The summed E-state index contributed by atoms with van der Waals surface area (Å²) in [6.45, 7) is 0.337. The molecule has 5 heteroatoms. The average Bonchev–Trinajstić information content (AvgIpc) is 2.54. The van der Waals surface area contributed by atoms with Gasteiger partial charge in [-0.2, -0.15) is 0 Å². The summed E-state index contributed by atoms with van der Waals surface area (Å²) in [6.07, 6.45) is 1.53. The lowest BCUT2D eigenvalue weighted by Gasteiger charge is -2.07. The number of thiol groups is 1. The van der Waals surface area contributed by atoms with Crippen molar-refractivity contribution in [3.8, 4) is 0 Å². The Labute approximate surface area is 132 Å². The van der Waals surface area contributed by atoms with Crippen LogP contribution < -0.4 is 5.32 Å². The van der Waals surface area contributed by atoms with Crippen molar-refractivity contribution in [2.24, 2.45) is 0 Å². The summed E-state index contributed by atoms with van der Waals surface area (Å²) in [4.78, 5) is 17.2. The first-order chi connectivity index (χ1) is 10.6. The molecule has 0 aliphatic rings. The van der Waals surface area contributed by atoms with E-state index in [1.54, 1.807) is 18.2 Å². The van der Waals surface area contributed by atoms with E-state index in [9.17, 15) is 9.18 Å². The van der Waals surface area contributed by atoms with Crippen LogP contribution in [0.3, 0.4) is 0 Å². The zero-order valence-corrected chi connectivity index (χ0v) is 12.5. The standard InChI is InChI=1S/C17H13FN2OS/c18-14-6-4-11(5-7-14)9-20-17(21)13-8-12-2-1-3-15(22)16(12)19-10-13/h1-8,10,22H,9H2,(H,20,21). The molecule has 0 radical (unpaired) electrons. The molecule has 0 saturated carbocycles. The predicted octanol–water partition coefficient (Wildman–Crippen LogP) is 3.59. The second-order valence-corrected chi connectivity index (χ2v) is 5.36. The van der Waals surface area contributed by atoms with Gasteiger partial charge >= 0.3 is 0 Å². The van der Waals surface area contributed by atoms with Gasteiger partial charge in [-0.05, 0) is 29.8 Å². The fourth-order valence-corrected chi connectivity index (χ4v) is 2.43. The maximum absolute atomic E-state index is 12.8. The highest BCUT2D eigenvalue weighted by atomic mass is 32.1. The Morgan fingerprint density at radius 2 is 1.95 bits per heavy atom. The van der Waals surface area contributed by atoms with Crippen LogP contribution in [-0.4, -0.2) is 10.9 Å². The van der Waals surface area contributed by atoms with E-state index in [1.165, 1.54) is 18.3 Å². The van der Waals surface area contributed by atoms with Crippen LogP contribution in [0.25, 0.3) is 10.9 Å². The normalized spacial score (nSPS) is 10.6. The summed E-state index contributed by atoms with van der Waals surface area (Å²) in [5.41, 5.74) is 2.08. The minimum absolute atomic E-state index is 0.219. The van der Waals surface area contributed by atoms with Gasteiger partial charge in [0.1, 0.15) is 5.82 Å². The van der Waals surface area contributed by atoms with Gasteiger partial charge in [0.25, 0.3) is 5.91 Å². The molecule has 1 amide bonds. The molecule has 0 atom stereocenters. The van der Waals surface area contributed by atoms with E-state index in [4.69, 9.17) is 0 Å². The van der Waals surface area contributed by atoms with Crippen molar-refractivity contribution in [3.63, 3.8) is 0 Å². The topological polar surface area (TPSA) is 42.0 Å². The van der Waals surface area contributed by atoms with Gasteiger partial charge in [-0.1, -0.05) is 24.3 Å². The van der Waals surface area contributed by atoms with Crippen molar-refractivity contribution in [1.29, 1.82) is 0 Å². The van der Waals surface area contributed by atoms with E-state index in [2.05, 4.69) is 22.9 Å². The third-order valence-corrected chi connectivity index (χ3v) is 3.68. The number of nitrogens with zero attached hydrogens (tertiary/aromatic N) is 1. The van der Waals surface area contributed by atoms with Crippen molar-refractivity contribution in [2.45, 2.75) is 11.4 Å². The zero-order chi connectivity index (χ0) is 15.5. The molecule has 110 valence electrons. The molecular weight excluding hydrogens is 299 g/mol. The summed E-state index contributed by atoms with van der Waals surface area (Å²) >= 11 is 4.34. The van der Waals surface area contributed by atoms with Crippen LogP contribution in [0, 0.1) is 5.82 Å². The number of nitrogens with one attached hydrogen (secondary N) is 1. The minimum atomic E-state index is -0.295. The van der Waals surface area contributed by atoms with Gasteiger partial charge in [-0.15, -0.1) is 12.6 Å². The number of aromatic nitrogens is 1. The number of carbonyl (C=O) groups is 1. The van der Waals surface area contributed by atoms with E-state index in [1.807, 2.05) is 18.2 Å². The number of pyridine rings is 1. The number of hydrogen-bond donors (Lipinski definition) is 2. The van der Waals surface area contributed by atoms with Gasteiger partial charge in [-0.25, -0.2) is 4.39 Å². The van der Waals surface area contributed by atoms with Crippen molar-refractivity contribution < 1.29 is 9.18 Å². The zero-order valence-electron chi connectivity index (χ0n) is 11.6. The van der Waals surface area contributed by atoms with Crippen LogP contribution in [0.1, 0.15) is 15.9 Å². The number of amides is 1. The van der Waals surface area contributed by atoms with Gasteiger partial charge in [0.15, 0.2) is 0 Å². The number of hydrogen-bond acceptors (Lipinski definition) is 3. The van der Waals surface area contributed by atoms with E-state index in [-0.39, 0.29) is 11.7 Å². The summed E-state index contributed by atoms with van der Waals surface area (Å²) in [5.74, 6) is -0.514. The predicted molar refractivity (Wildman–Crippen MR) is 86.6 cm³/mol. The summed E-state index contributed by atoms with van der Waals surface area (Å²) in [5, 5.41) is 3.66. The molecule has 0 aliphatic carbocycles. The Morgan fingerprint density at radius 3 is 2.73 bits per heavy atom. The first-order valence-electron chi connectivity index (χ1n) is 6.74. The van der Waals surface area contributed by atoms with E-state index in [0.29, 0.717) is 12.1 Å². The number of benzene rings is 2. The fourth-order valence-electron chi connectivity index (χ4n) is 2.16. The molecule has 1 aromatic heterocycles. The van der Waals surface area contributed by atoms with Gasteiger partial charge in [0.05, 0.1) is 11.1 Å². The van der Waals surface area contributed by atoms with Crippen LogP contribution in [0.4, 0.5) is 4.39 Å². The number of rotatable bonds is 3. The molecule has 1 N–H and O–H groups in total. The van der Waals surface area contributed by atoms with Crippen molar-refractivity contribution in [2.75, 3.05) is 0 Å². The van der Waals surface area contributed by atoms with Crippen LogP contribution in [-0.2, 0) is 6.54 Å². The molecule has 3 nitrogen and oxygen atoms in total. The van der Waals surface area contributed by atoms with Gasteiger partial charge in [0, 0.05) is 23.0 Å². The lowest BCUT2D eigenvalue weighted by Crippen LogP contribution is -2.22. The molecule has 3 rings (SSSR count). The Bertz CT molecular complexity index is 834. The molecule has 0 aliphatic heterocycles. The molecule has 22 heavy (non-hydrogen) atoms. The smallest absolute Gasteiger partial charge is 0.253 e. The molecule has 0 bridgehead atoms. The Hall–Kier alpha value is -2.40. The quantitative estimate of drug-likeness (QED) is 0.726. The molecule has 0 spiro atoms. The van der Waals surface area contributed by atoms with Gasteiger partial charge < -0.3 is 5.32 Å². The average molecular weight is 312 g/mol. The molecule has 0 unspecified atom stereocenters. The monoisotopic (exact) mass is 312 g/mol. The highest BCUT2D eigenvalue weighted by Crippen LogP contribution is 2.20. The molecule has 1 heterocycles. The first kappa shape index (κ1) is 14.5. The summed E-state index contributed by atoms with van der Waals surface area (Å²) in [6, 6.07) is 13.4. The van der Waals surface area contributed by atoms with Gasteiger partial charge in [0.2, 0.25) is 0 Å². The molecule has 0 saturated heterocycles. The largest absolute Gasteiger partial charge is 0.348 e. The van der Waals surface area contributed by atoms with Crippen LogP contribution in [0.15, 0.2) is 59.6 Å². The first-order valence-corrected chi connectivity index (χ1v) is 7.18. The SMILES string of the molecule is O=C(NCc1ccc(F)cc1)c1cnc2c(S)cccc2c1. The van der Waals surface area contributed by atoms with E-state index < -0.39 is 0 Å². The summed E-state index contributed by atoms with van der Waals surface area (Å²) in [7, 11) is 0. The Morgan fingerprint density at radius 1 is 1.18 bits per heavy atom. The number of para-hydroxylation sites is 1. The van der Waals surface area contributed by atoms with Crippen LogP contribution in [0.5, 0.6) is 0 Å². The third kappa shape index (κ3) is 3.09. The molecule has 2 aromatic carbocycles. The maximum Gasteiger partial charge on any atom is 0.253 e. The second kappa shape index (κ2) is 6.15. The lowest BCUT2D eigenvalue weighted by atomic mass is 10.1. The Balaban J connectivity index is 1.76. The number of halogens is 1. The highest BCUT2D eigenvalue weighted by molar-refractivity contribution is 7.80. The fraction of sp³-hybridized carbons (Fsp3) is 0.0588. The second-order valence-electron chi connectivity index (χ2n) is 4.88. The molecule has 0 fully saturated rings. The maximum atomic E-state index is 12.8. The summed E-state index contributed by atoms with van der Waals surface area (Å²) < 4.78 is 12.8. The van der Waals surface area contributed by atoms with E-state index >= 15 is 0 Å². The van der Waals surface area contributed by atoms with Crippen molar-refractivity contribution >= 4 is 29.4 Å². The van der Waals surface area contributed by atoms with Gasteiger partial charge in [-0.3, -0.25) is 9.78 Å².